The van der Waals surface area contributed by atoms with Crippen molar-refractivity contribution >= 4 is 29.2 Å². The lowest BCUT2D eigenvalue weighted by atomic mass is 10.0. The zero-order valence-corrected chi connectivity index (χ0v) is 12.5. The summed E-state index contributed by atoms with van der Waals surface area (Å²) in [5.41, 5.74) is 1.57. The van der Waals surface area contributed by atoms with Crippen LogP contribution in [-0.2, 0) is 4.79 Å². The Morgan fingerprint density at radius 3 is 2.60 bits per heavy atom. The summed E-state index contributed by atoms with van der Waals surface area (Å²) in [6.07, 6.45) is 0.272. The number of nitrogens with zero attached hydrogens (tertiary/aromatic N) is 1. The van der Waals surface area contributed by atoms with Crippen molar-refractivity contribution in [2.24, 2.45) is 0 Å². The van der Waals surface area contributed by atoms with Crippen LogP contribution in [0.3, 0.4) is 0 Å². The number of anilines is 1. The maximum absolute atomic E-state index is 11.9. The van der Waals surface area contributed by atoms with Crippen molar-refractivity contribution < 1.29 is 14.3 Å². The van der Waals surface area contributed by atoms with Crippen molar-refractivity contribution in [3.8, 4) is 5.75 Å². The fraction of sp³-hybridized carbons (Fsp3) is 0.429. The van der Waals surface area contributed by atoms with Crippen LogP contribution in [0.2, 0.25) is 5.02 Å². The summed E-state index contributed by atoms with van der Waals surface area (Å²) >= 11 is 6.22. The Kier molecular flexibility index (Phi) is 4.18. The quantitative estimate of drug-likeness (QED) is 0.933. The number of hydrogen-bond acceptors (Lipinski definition) is 3. The number of urea groups is 1. The fourth-order valence-electron chi connectivity index (χ4n) is 2.17. The summed E-state index contributed by atoms with van der Waals surface area (Å²) in [6, 6.07) is 3.12. The van der Waals surface area contributed by atoms with E-state index < -0.39 is 6.03 Å². The van der Waals surface area contributed by atoms with Crippen LogP contribution in [0.25, 0.3) is 0 Å². The third-order valence-electron chi connectivity index (χ3n) is 3.26. The third kappa shape index (κ3) is 2.72. The monoisotopic (exact) mass is 296 g/mol. The van der Waals surface area contributed by atoms with Crippen molar-refractivity contribution in [2.75, 3.05) is 18.6 Å². The predicted octanol–water partition coefficient (Wildman–Crippen LogP) is 2.92. The van der Waals surface area contributed by atoms with E-state index in [1.807, 2.05) is 19.9 Å². The van der Waals surface area contributed by atoms with E-state index in [0.717, 1.165) is 5.56 Å². The van der Waals surface area contributed by atoms with Crippen LogP contribution >= 0.6 is 11.6 Å². The molecular weight excluding hydrogens is 280 g/mol. The van der Waals surface area contributed by atoms with Crippen LogP contribution < -0.4 is 15.0 Å². The van der Waals surface area contributed by atoms with Crippen LogP contribution in [0.1, 0.15) is 31.7 Å². The lowest BCUT2D eigenvalue weighted by molar-refractivity contribution is -0.120. The summed E-state index contributed by atoms with van der Waals surface area (Å²) in [4.78, 5) is 24.7. The minimum atomic E-state index is -0.434. The number of methoxy groups -OCH3 is 1. The topological polar surface area (TPSA) is 58.6 Å². The number of imide groups is 1. The molecule has 0 aromatic heterocycles. The molecule has 3 amide bonds. The summed E-state index contributed by atoms with van der Waals surface area (Å²) in [6.45, 7) is 4.38. The first-order chi connectivity index (χ1) is 9.43. The summed E-state index contributed by atoms with van der Waals surface area (Å²) < 4.78 is 5.30. The van der Waals surface area contributed by atoms with Crippen LogP contribution in [0.5, 0.6) is 5.75 Å². The van der Waals surface area contributed by atoms with Gasteiger partial charge in [0.15, 0.2) is 0 Å². The molecule has 1 aromatic carbocycles. The van der Waals surface area contributed by atoms with Gasteiger partial charge in [-0.05, 0) is 17.5 Å². The fourth-order valence-corrected chi connectivity index (χ4v) is 2.54. The molecular formula is C14H17ClN2O3. The van der Waals surface area contributed by atoms with Gasteiger partial charge in [-0.2, -0.15) is 0 Å². The lowest BCUT2D eigenvalue weighted by Crippen LogP contribution is -2.49. The molecule has 0 unspecified atom stereocenters. The number of rotatable bonds is 3. The molecule has 1 aromatic rings. The molecule has 0 radical (unpaired) electrons. The zero-order valence-electron chi connectivity index (χ0n) is 11.7. The minimum absolute atomic E-state index is 0.224. The number of benzene rings is 1. The number of nitrogens with one attached hydrogen (secondary N) is 1. The molecule has 0 atom stereocenters. The molecule has 1 saturated heterocycles. The van der Waals surface area contributed by atoms with E-state index in [9.17, 15) is 9.59 Å². The van der Waals surface area contributed by atoms with E-state index in [2.05, 4.69) is 5.32 Å². The van der Waals surface area contributed by atoms with Crippen LogP contribution in [0.15, 0.2) is 12.1 Å². The molecule has 0 spiro atoms. The third-order valence-corrected chi connectivity index (χ3v) is 3.59. The Balaban J connectivity index is 2.46. The van der Waals surface area contributed by atoms with E-state index in [4.69, 9.17) is 16.3 Å². The Morgan fingerprint density at radius 1 is 1.35 bits per heavy atom. The van der Waals surface area contributed by atoms with Gasteiger partial charge in [-0.15, -0.1) is 0 Å². The predicted molar refractivity (Wildman–Crippen MR) is 77.6 cm³/mol. The highest BCUT2D eigenvalue weighted by atomic mass is 35.5. The molecule has 2 rings (SSSR count). The zero-order chi connectivity index (χ0) is 14.9. The Hall–Kier alpha value is -1.75. The van der Waals surface area contributed by atoms with Gasteiger partial charge in [0.2, 0.25) is 5.91 Å². The molecule has 0 saturated carbocycles. The second-order valence-electron chi connectivity index (χ2n) is 4.96. The maximum atomic E-state index is 11.9. The number of carbonyl (C=O) groups is 2. The van der Waals surface area contributed by atoms with Crippen molar-refractivity contribution in [3.05, 3.63) is 22.7 Å². The summed E-state index contributed by atoms with van der Waals surface area (Å²) in [7, 11) is 1.53. The molecule has 0 bridgehead atoms. The van der Waals surface area contributed by atoms with Crippen LogP contribution in [0, 0.1) is 0 Å². The largest absolute Gasteiger partial charge is 0.495 e. The average molecular weight is 297 g/mol. The SMILES string of the molecule is COc1cc(Cl)c(C(C)C)cc1N1CCC(=O)NC1=O. The van der Waals surface area contributed by atoms with Gasteiger partial charge >= 0.3 is 6.03 Å². The van der Waals surface area contributed by atoms with Gasteiger partial charge in [0.25, 0.3) is 0 Å². The van der Waals surface area contributed by atoms with Gasteiger partial charge in [-0.1, -0.05) is 25.4 Å². The molecule has 1 heterocycles. The molecule has 1 fully saturated rings. The molecule has 20 heavy (non-hydrogen) atoms. The maximum Gasteiger partial charge on any atom is 0.328 e. The molecule has 1 aliphatic rings. The molecule has 1 aliphatic heterocycles. The highest BCUT2D eigenvalue weighted by Crippen LogP contribution is 2.37. The van der Waals surface area contributed by atoms with Crippen molar-refractivity contribution in [3.63, 3.8) is 0 Å². The van der Waals surface area contributed by atoms with Gasteiger partial charge in [0, 0.05) is 24.1 Å². The minimum Gasteiger partial charge on any atom is -0.495 e. The molecule has 1 N–H and O–H groups in total. The highest BCUT2D eigenvalue weighted by molar-refractivity contribution is 6.31. The molecule has 6 heteroatoms. The first-order valence-electron chi connectivity index (χ1n) is 6.42. The van der Waals surface area contributed by atoms with Gasteiger partial charge < -0.3 is 4.74 Å². The first kappa shape index (κ1) is 14.7. The second kappa shape index (κ2) is 5.71. The van der Waals surface area contributed by atoms with Crippen molar-refractivity contribution in [1.29, 1.82) is 0 Å². The Labute approximate surface area is 122 Å². The number of amides is 3. The standard InChI is InChI=1S/C14H17ClN2O3/c1-8(2)9-6-11(12(20-3)7-10(9)15)17-5-4-13(18)16-14(17)19/h6-8H,4-5H2,1-3H3,(H,16,18,19). The summed E-state index contributed by atoms with van der Waals surface area (Å²) in [5, 5.41) is 2.91. The van der Waals surface area contributed by atoms with Crippen molar-refractivity contribution in [2.45, 2.75) is 26.2 Å². The van der Waals surface area contributed by atoms with E-state index in [1.54, 1.807) is 6.07 Å². The highest BCUT2D eigenvalue weighted by Gasteiger charge is 2.27. The lowest BCUT2D eigenvalue weighted by Gasteiger charge is -2.28. The van der Waals surface area contributed by atoms with Gasteiger partial charge in [0.05, 0.1) is 12.8 Å². The number of halogens is 1. The van der Waals surface area contributed by atoms with Crippen molar-refractivity contribution in [1.82, 2.24) is 5.32 Å². The van der Waals surface area contributed by atoms with E-state index in [1.165, 1.54) is 12.0 Å². The first-order valence-corrected chi connectivity index (χ1v) is 6.80. The van der Waals surface area contributed by atoms with E-state index in [-0.39, 0.29) is 18.2 Å². The van der Waals surface area contributed by atoms with E-state index >= 15 is 0 Å². The smallest absolute Gasteiger partial charge is 0.328 e. The Bertz CT molecular complexity index is 558. The second-order valence-corrected chi connectivity index (χ2v) is 5.36. The van der Waals surface area contributed by atoms with Gasteiger partial charge in [-0.3, -0.25) is 15.0 Å². The molecule has 5 nitrogen and oxygen atoms in total. The van der Waals surface area contributed by atoms with Crippen LogP contribution in [-0.4, -0.2) is 25.6 Å². The molecule has 108 valence electrons. The number of hydrogen-bond donors (Lipinski definition) is 1. The van der Waals surface area contributed by atoms with Gasteiger partial charge in [-0.25, -0.2) is 4.79 Å². The average Bonchev–Trinajstić information content (AvgIpc) is 2.38. The number of ether oxygens (including phenoxy) is 1. The summed E-state index contributed by atoms with van der Waals surface area (Å²) in [5.74, 6) is 0.480. The van der Waals surface area contributed by atoms with Gasteiger partial charge in [0.1, 0.15) is 5.75 Å². The normalized spacial score (nSPS) is 15.6. The Morgan fingerprint density at radius 2 is 2.05 bits per heavy atom. The van der Waals surface area contributed by atoms with E-state index in [0.29, 0.717) is 23.0 Å². The number of carbonyl (C=O) groups excluding carboxylic acids is 2. The molecule has 0 aliphatic carbocycles. The van der Waals surface area contributed by atoms with Crippen LogP contribution in [0.4, 0.5) is 10.5 Å².